The summed E-state index contributed by atoms with van der Waals surface area (Å²) in [5.41, 5.74) is 0. The predicted octanol–water partition coefficient (Wildman–Crippen LogP) is 0.526. The zero-order chi connectivity index (χ0) is 7.28. The molecule has 0 aliphatic carbocycles. The number of rotatable bonds is 3. The summed E-state index contributed by atoms with van der Waals surface area (Å²) < 4.78 is 4.49. The zero-order valence-corrected chi connectivity index (χ0v) is 7.01. The third kappa shape index (κ3) is 7.65. The molecule has 4 heteroatoms. The Hall–Kier alpha value is -0.354. The summed E-state index contributed by atoms with van der Waals surface area (Å²) in [6, 6.07) is 0. The molecule has 0 atom stereocenters. The number of ketones is 1. The SMILES string of the molecule is CCOC(=O)CC(C)=O.[Co+3]. The smallest absolute Gasteiger partial charge is 0.466 e. The molecule has 0 heterocycles. The van der Waals surface area contributed by atoms with Crippen LogP contribution in [0.1, 0.15) is 20.3 Å². The van der Waals surface area contributed by atoms with Gasteiger partial charge in [0, 0.05) is 0 Å². The van der Waals surface area contributed by atoms with Crippen molar-refractivity contribution < 1.29 is 31.1 Å². The maximum Gasteiger partial charge on any atom is 3.00 e. The van der Waals surface area contributed by atoms with Gasteiger partial charge in [-0.3, -0.25) is 9.59 Å². The van der Waals surface area contributed by atoms with Crippen LogP contribution in [0, 0.1) is 0 Å². The second kappa shape index (κ2) is 6.76. The first kappa shape index (κ1) is 12.3. The summed E-state index contributed by atoms with van der Waals surface area (Å²) in [6.07, 6.45) is -0.103. The van der Waals surface area contributed by atoms with Crippen molar-refractivity contribution in [3.63, 3.8) is 0 Å². The van der Waals surface area contributed by atoms with E-state index >= 15 is 0 Å². The van der Waals surface area contributed by atoms with Crippen LogP contribution in [0.15, 0.2) is 0 Å². The number of carbonyl (C=O) groups excluding carboxylic acids is 2. The van der Waals surface area contributed by atoms with Crippen LogP contribution in [0.3, 0.4) is 0 Å². The first-order chi connectivity index (χ1) is 4.16. The van der Waals surface area contributed by atoms with Crippen molar-refractivity contribution in [2.24, 2.45) is 0 Å². The van der Waals surface area contributed by atoms with Crippen molar-refractivity contribution in [2.45, 2.75) is 20.3 Å². The van der Waals surface area contributed by atoms with E-state index < -0.39 is 5.97 Å². The molecule has 0 rings (SSSR count). The third-order valence-corrected chi connectivity index (χ3v) is 0.699. The molecule has 0 aliphatic heterocycles. The second-order valence-electron chi connectivity index (χ2n) is 1.68. The van der Waals surface area contributed by atoms with Crippen molar-refractivity contribution in [3.05, 3.63) is 0 Å². The molecule has 0 saturated carbocycles. The Morgan fingerprint density at radius 2 is 1.90 bits per heavy atom. The van der Waals surface area contributed by atoms with Crippen LogP contribution in [0.2, 0.25) is 0 Å². The fraction of sp³-hybridized carbons (Fsp3) is 0.667. The van der Waals surface area contributed by atoms with E-state index in [1.807, 2.05) is 0 Å². The largest absolute Gasteiger partial charge is 3.00 e. The number of ether oxygens (including phenoxy) is 1. The summed E-state index contributed by atoms with van der Waals surface area (Å²) in [5, 5.41) is 0. The molecule has 3 nitrogen and oxygen atoms in total. The van der Waals surface area contributed by atoms with Gasteiger partial charge >= 0.3 is 22.7 Å². The summed E-state index contributed by atoms with van der Waals surface area (Å²) >= 11 is 0. The molecule has 0 N–H and O–H groups in total. The van der Waals surface area contributed by atoms with Crippen LogP contribution in [0.5, 0.6) is 0 Å². The van der Waals surface area contributed by atoms with Gasteiger partial charge in [0.1, 0.15) is 12.2 Å². The quantitative estimate of drug-likeness (QED) is 0.480. The van der Waals surface area contributed by atoms with E-state index in [0.717, 1.165) is 0 Å². The Kier molecular flexibility index (Phi) is 8.34. The molecule has 0 radical (unpaired) electrons. The maximum absolute atomic E-state index is 10.4. The van der Waals surface area contributed by atoms with E-state index in [4.69, 9.17) is 0 Å². The fourth-order valence-electron chi connectivity index (χ4n) is 0.415. The van der Waals surface area contributed by atoms with Gasteiger partial charge < -0.3 is 4.74 Å². The molecule has 0 unspecified atom stereocenters. The van der Waals surface area contributed by atoms with E-state index in [0.29, 0.717) is 6.61 Å². The Morgan fingerprint density at radius 1 is 1.40 bits per heavy atom. The number of esters is 1. The first-order valence-electron chi connectivity index (χ1n) is 2.82. The van der Waals surface area contributed by atoms with E-state index in [2.05, 4.69) is 4.74 Å². The summed E-state index contributed by atoms with van der Waals surface area (Å²) in [7, 11) is 0. The topological polar surface area (TPSA) is 43.4 Å². The van der Waals surface area contributed by atoms with Crippen LogP contribution < -0.4 is 0 Å². The van der Waals surface area contributed by atoms with E-state index in [-0.39, 0.29) is 29.0 Å². The van der Waals surface area contributed by atoms with Crippen molar-refractivity contribution in [2.75, 3.05) is 6.61 Å². The Morgan fingerprint density at radius 3 is 2.20 bits per heavy atom. The molecular formula is C6H10CoO3+3. The average molecular weight is 189 g/mol. The molecule has 10 heavy (non-hydrogen) atoms. The summed E-state index contributed by atoms with van der Waals surface area (Å²) in [5.74, 6) is -0.599. The summed E-state index contributed by atoms with van der Waals surface area (Å²) in [4.78, 5) is 20.6. The number of Topliss-reactive ketones (excluding diaryl/α,β-unsaturated/α-hetero) is 1. The summed E-state index contributed by atoms with van der Waals surface area (Å²) in [6.45, 7) is 3.40. The molecule has 0 bridgehead atoms. The zero-order valence-electron chi connectivity index (χ0n) is 5.97. The Bertz CT molecular complexity index is 122. The second-order valence-corrected chi connectivity index (χ2v) is 1.68. The number of hydrogen-bond acceptors (Lipinski definition) is 3. The molecule has 0 aromatic rings. The van der Waals surface area contributed by atoms with Gasteiger partial charge in [0.15, 0.2) is 0 Å². The van der Waals surface area contributed by atoms with Gasteiger partial charge in [-0.05, 0) is 13.8 Å². The van der Waals surface area contributed by atoms with E-state index in [9.17, 15) is 9.59 Å². The van der Waals surface area contributed by atoms with Crippen molar-refractivity contribution >= 4 is 11.8 Å². The van der Waals surface area contributed by atoms with Crippen LogP contribution in [0.25, 0.3) is 0 Å². The van der Waals surface area contributed by atoms with Gasteiger partial charge in [0.2, 0.25) is 0 Å². The van der Waals surface area contributed by atoms with Gasteiger partial charge in [-0.2, -0.15) is 0 Å². The first-order valence-corrected chi connectivity index (χ1v) is 2.82. The molecule has 0 spiro atoms. The van der Waals surface area contributed by atoms with E-state index in [1.165, 1.54) is 6.92 Å². The van der Waals surface area contributed by atoms with Gasteiger partial charge in [-0.1, -0.05) is 0 Å². The third-order valence-electron chi connectivity index (χ3n) is 0.699. The molecule has 0 saturated heterocycles. The molecule has 58 valence electrons. The van der Waals surface area contributed by atoms with Crippen LogP contribution in [-0.2, 0) is 31.1 Å². The van der Waals surface area contributed by atoms with Crippen LogP contribution >= 0.6 is 0 Å². The normalized spacial score (nSPS) is 7.80. The molecule has 0 fully saturated rings. The molecule has 0 aromatic heterocycles. The molecule has 0 aromatic carbocycles. The Labute approximate surface area is 70.3 Å². The van der Waals surface area contributed by atoms with Crippen LogP contribution in [0.4, 0.5) is 0 Å². The minimum Gasteiger partial charge on any atom is -0.466 e. The van der Waals surface area contributed by atoms with Gasteiger partial charge in [0.05, 0.1) is 6.61 Å². The minimum absolute atomic E-state index is 0. The number of carbonyl (C=O) groups is 2. The predicted molar refractivity (Wildman–Crippen MR) is 31.9 cm³/mol. The molecule has 0 aliphatic rings. The van der Waals surface area contributed by atoms with Crippen molar-refractivity contribution in [1.29, 1.82) is 0 Å². The Balaban J connectivity index is 0. The van der Waals surface area contributed by atoms with Crippen molar-refractivity contribution in [1.82, 2.24) is 0 Å². The minimum atomic E-state index is -0.440. The molecular weight excluding hydrogens is 179 g/mol. The maximum atomic E-state index is 10.4. The van der Waals surface area contributed by atoms with Crippen molar-refractivity contribution in [3.8, 4) is 0 Å². The standard InChI is InChI=1S/C6H10O3.Co/c1-3-9-6(8)4-5(2)7;/h3-4H2,1-2H3;/q;+3. The van der Waals surface area contributed by atoms with Crippen LogP contribution in [-0.4, -0.2) is 18.4 Å². The van der Waals surface area contributed by atoms with Gasteiger partial charge in [0.25, 0.3) is 0 Å². The van der Waals surface area contributed by atoms with E-state index in [1.54, 1.807) is 6.92 Å². The van der Waals surface area contributed by atoms with Gasteiger partial charge in [-0.15, -0.1) is 0 Å². The monoisotopic (exact) mass is 189 g/mol. The molecule has 0 amide bonds. The fourth-order valence-corrected chi connectivity index (χ4v) is 0.415. The number of hydrogen-bond donors (Lipinski definition) is 0. The average Bonchev–Trinajstić information content (AvgIpc) is 1.63. The van der Waals surface area contributed by atoms with Gasteiger partial charge in [-0.25, -0.2) is 0 Å².